The van der Waals surface area contributed by atoms with Gasteiger partial charge >= 0.3 is 0 Å². The van der Waals surface area contributed by atoms with E-state index >= 15 is 0 Å². The highest BCUT2D eigenvalue weighted by atomic mass is 16.3. The number of carbonyl (C=O) groups excluding carboxylic acids is 2. The number of hydrogen-bond acceptors (Lipinski definition) is 3. The average Bonchev–Trinajstić information content (AvgIpc) is 2.42. The van der Waals surface area contributed by atoms with Crippen LogP contribution in [-0.4, -0.2) is 37.1 Å². The predicted octanol–water partition coefficient (Wildman–Crippen LogP) is 0.428. The maximum atomic E-state index is 11.5. The predicted molar refractivity (Wildman–Crippen MR) is 68.8 cm³/mol. The van der Waals surface area contributed by atoms with Gasteiger partial charge in [0.15, 0.2) is 0 Å². The summed E-state index contributed by atoms with van der Waals surface area (Å²) in [5.74, 6) is 0.818. The Kier molecular flexibility index (Phi) is 6.72. The van der Waals surface area contributed by atoms with Gasteiger partial charge in [-0.3, -0.25) is 9.59 Å². The summed E-state index contributed by atoms with van der Waals surface area (Å²) in [7, 11) is 1.57. The maximum absolute atomic E-state index is 11.5. The summed E-state index contributed by atoms with van der Waals surface area (Å²) in [4.78, 5) is 22.5. The molecule has 1 rings (SSSR count). The second-order valence-electron chi connectivity index (χ2n) is 5.05. The molecule has 3 N–H and O–H groups in total. The number of carbonyl (C=O) groups is 2. The zero-order valence-corrected chi connectivity index (χ0v) is 11.1. The lowest BCUT2D eigenvalue weighted by molar-refractivity contribution is -0.126. The third-order valence-electron chi connectivity index (χ3n) is 3.67. The Morgan fingerprint density at radius 2 is 1.61 bits per heavy atom. The molecule has 0 atom stereocenters. The number of rotatable bonds is 6. The van der Waals surface area contributed by atoms with Gasteiger partial charge in [0.05, 0.1) is 0 Å². The quantitative estimate of drug-likeness (QED) is 0.645. The van der Waals surface area contributed by atoms with E-state index in [-0.39, 0.29) is 31.3 Å². The maximum Gasteiger partial charge on any atom is 0.220 e. The molecular weight excluding hydrogens is 232 g/mol. The Labute approximate surface area is 108 Å². The molecule has 1 saturated carbocycles. The van der Waals surface area contributed by atoms with Gasteiger partial charge in [-0.05, 0) is 37.5 Å². The van der Waals surface area contributed by atoms with Crippen LogP contribution in [0, 0.1) is 11.8 Å². The topological polar surface area (TPSA) is 78.4 Å². The van der Waals surface area contributed by atoms with E-state index in [4.69, 9.17) is 5.11 Å². The lowest BCUT2D eigenvalue weighted by Crippen LogP contribution is -2.32. The van der Waals surface area contributed by atoms with Crippen molar-refractivity contribution >= 4 is 11.8 Å². The van der Waals surface area contributed by atoms with Crippen LogP contribution >= 0.6 is 0 Å². The van der Waals surface area contributed by atoms with Crippen LogP contribution in [0.25, 0.3) is 0 Å². The molecule has 0 unspecified atom stereocenters. The van der Waals surface area contributed by atoms with Crippen LogP contribution in [0.15, 0.2) is 0 Å². The van der Waals surface area contributed by atoms with Gasteiger partial charge in [0.1, 0.15) is 0 Å². The van der Waals surface area contributed by atoms with Crippen LogP contribution in [0.4, 0.5) is 0 Å². The van der Waals surface area contributed by atoms with Crippen LogP contribution in [-0.2, 0) is 9.59 Å². The highest BCUT2D eigenvalue weighted by Crippen LogP contribution is 2.27. The van der Waals surface area contributed by atoms with E-state index in [0.717, 1.165) is 25.7 Å². The fraction of sp³-hybridized carbons (Fsp3) is 0.846. The van der Waals surface area contributed by atoms with E-state index in [1.807, 2.05) is 0 Å². The van der Waals surface area contributed by atoms with Gasteiger partial charge < -0.3 is 15.7 Å². The molecule has 0 aromatic carbocycles. The Morgan fingerprint density at radius 1 is 1.06 bits per heavy atom. The number of aliphatic hydroxyl groups is 1. The molecule has 0 aromatic rings. The molecule has 0 heterocycles. The first-order valence-electron chi connectivity index (χ1n) is 6.73. The first-order valence-corrected chi connectivity index (χ1v) is 6.73. The minimum atomic E-state index is -0.103. The zero-order chi connectivity index (χ0) is 13.4. The first-order chi connectivity index (χ1) is 8.65. The number of amides is 2. The Bertz CT molecular complexity index is 273. The normalized spacial score (nSPS) is 23.4. The summed E-state index contributed by atoms with van der Waals surface area (Å²) in [6, 6.07) is 0. The number of hydrogen-bond donors (Lipinski definition) is 3. The molecule has 1 aliphatic carbocycles. The molecule has 5 nitrogen and oxygen atoms in total. The van der Waals surface area contributed by atoms with Crippen LogP contribution < -0.4 is 10.6 Å². The van der Waals surface area contributed by atoms with E-state index in [1.54, 1.807) is 7.05 Å². The summed E-state index contributed by atoms with van der Waals surface area (Å²) in [5.41, 5.74) is 0. The average molecular weight is 256 g/mol. The summed E-state index contributed by atoms with van der Waals surface area (Å²) >= 11 is 0. The first kappa shape index (κ1) is 15.0. The fourth-order valence-corrected chi connectivity index (χ4v) is 2.32. The smallest absolute Gasteiger partial charge is 0.220 e. The van der Waals surface area contributed by atoms with Crippen molar-refractivity contribution in [3.05, 3.63) is 0 Å². The molecule has 104 valence electrons. The largest absolute Gasteiger partial charge is 0.396 e. The van der Waals surface area contributed by atoms with E-state index in [1.165, 1.54) is 0 Å². The minimum Gasteiger partial charge on any atom is -0.396 e. The molecule has 0 bridgehead atoms. The van der Waals surface area contributed by atoms with E-state index in [9.17, 15) is 9.59 Å². The van der Waals surface area contributed by atoms with E-state index in [0.29, 0.717) is 18.4 Å². The summed E-state index contributed by atoms with van der Waals surface area (Å²) < 4.78 is 0. The van der Waals surface area contributed by atoms with Gasteiger partial charge in [-0.25, -0.2) is 0 Å². The van der Waals surface area contributed by atoms with Gasteiger partial charge in [0.25, 0.3) is 0 Å². The molecule has 0 spiro atoms. The van der Waals surface area contributed by atoms with Crippen molar-refractivity contribution in [1.82, 2.24) is 10.6 Å². The van der Waals surface area contributed by atoms with Gasteiger partial charge in [-0.15, -0.1) is 0 Å². The SMILES string of the molecule is CNC(=O)CCC(=O)NCC1CCC(CO)CC1. The Balaban J connectivity index is 2.10. The van der Waals surface area contributed by atoms with Crippen molar-refractivity contribution in [2.75, 3.05) is 20.2 Å². The highest BCUT2D eigenvalue weighted by molar-refractivity contribution is 5.83. The third-order valence-corrected chi connectivity index (χ3v) is 3.67. The van der Waals surface area contributed by atoms with Crippen molar-refractivity contribution in [3.8, 4) is 0 Å². The lowest BCUT2D eigenvalue weighted by atomic mass is 9.82. The minimum absolute atomic E-state index is 0.0529. The monoisotopic (exact) mass is 256 g/mol. The molecule has 0 aliphatic heterocycles. The summed E-state index contributed by atoms with van der Waals surface area (Å²) in [5, 5.41) is 14.4. The molecular formula is C13H24N2O3. The van der Waals surface area contributed by atoms with Crippen molar-refractivity contribution in [3.63, 3.8) is 0 Å². The molecule has 0 aromatic heterocycles. The molecule has 0 radical (unpaired) electrons. The summed E-state index contributed by atoms with van der Waals surface area (Å²) in [6.07, 6.45) is 4.75. The number of aliphatic hydroxyl groups excluding tert-OH is 1. The van der Waals surface area contributed by atoms with Crippen molar-refractivity contribution in [2.45, 2.75) is 38.5 Å². The van der Waals surface area contributed by atoms with Crippen molar-refractivity contribution in [2.24, 2.45) is 11.8 Å². The van der Waals surface area contributed by atoms with Crippen LogP contribution in [0.5, 0.6) is 0 Å². The molecule has 1 aliphatic rings. The van der Waals surface area contributed by atoms with Gasteiger partial charge in [0.2, 0.25) is 11.8 Å². The number of nitrogens with one attached hydrogen (secondary N) is 2. The van der Waals surface area contributed by atoms with Crippen LogP contribution in [0.2, 0.25) is 0 Å². The van der Waals surface area contributed by atoms with E-state index < -0.39 is 0 Å². The summed E-state index contributed by atoms with van der Waals surface area (Å²) in [6.45, 7) is 0.982. The fourth-order valence-electron chi connectivity index (χ4n) is 2.32. The van der Waals surface area contributed by atoms with E-state index in [2.05, 4.69) is 10.6 Å². The zero-order valence-electron chi connectivity index (χ0n) is 11.1. The van der Waals surface area contributed by atoms with Crippen molar-refractivity contribution in [1.29, 1.82) is 0 Å². The molecule has 5 heteroatoms. The molecule has 18 heavy (non-hydrogen) atoms. The second-order valence-corrected chi connectivity index (χ2v) is 5.05. The lowest BCUT2D eigenvalue weighted by Gasteiger charge is -2.27. The Morgan fingerprint density at radius 3 is 2.17 bits per heavy atom. The molecule has 1 fully saturated rings. The van der Waals surface area contributed by atoms with Gasteiger partial charge in [-0.2, -0.15) is 0 Å². The standard InChI is InChI=1S/C13H24N2O3/c1-14-12(17)6-7-13(18)15-8-10-2-4-11(9-16)5-3-10/h10-11,16H,2-9H2,1H3,(H,14,17)(H,15,18). The van der Waals surface area contributed by atoms with Gasteiger partial charge in [-0.1, -0.05) is 0 Å². The van der Waals surface area contributed by atoms with Crippen LogP contribution in [0.1, 0.15) is 38.5 Å². The Hall–Kier alpha value is -1.10. The third kappa shape index (κ3) is 5.49. The van der Waals surface area contributed by atoms with Crippen molar-refractivity contribution < 1.29 is 14.7 Å². The van der Waals surface area contributed by atoms with Crippen LogP contribution in [0.3, 0.4) is 0 Å². The highest BCUT2D eigenvalue weighted by Gasteiger charge is 2.20. The molecule has 0 saturated heterocycles. The molecule has 2 amide bonds. The second kappa shape index (κ2) is 8.08. The van der Waals surface area contributed by atoms with Gasteiger partial charge in [0, 0.05) is 33.0 Å².